The lowest BCUT2D eigenvalue weighted by Gasteiger charge is -2.21. The molecule has 1 unspecified atom stereocenters. The Hall–Kier alpha value is -0.0800. The van der Waals surface area contributed by atoms with Crippen molar-refractivity contribution in [1.29, 1.82) is 0 Å². The van der Waals surface area contributed by atoms with Gasteiger partial charge in [0.2, 0.25) is 0 Å². The molecule has 0 aliphatic heterocycles. The molecule has 2 heteroatoms. The minimum Gasteiger partial charge on any atom is -0.396 e. The monoisotopic (exact) mass is 146 g/mol. The normalized spacial score (nSPS) is 16.8. The van der Waals surface area contributed by atoms with Crippen LogP contribution in [0.2, 0.25) is 0 Å². The third-order valence-corrected chi connectivity index (χ3v) is 1.72. The average molecular weight is 146 g/mol. The number of hydrogen-bond acceptors (Lipinski definition) is 2. The van der Waals surface area contributed by atoms with Gasteiger partial charge in [-0.25, -0.2) is 0 Å². The van der Waals surface area contributed by atoms with Gasteiger partial charge in [0, 0.05) is 6.61 Å². The molecule has 0 spiro atoms. The zero-order valence-electron chi connectivity index (χ0n) is 6.93. The van der Waals surface area contributed by atoms with Gasteiger partial charge in [-0.1, -0.05) is 19.8 Å². The number of unbranched alkanes of at least 4 members (excludes halogenated alkanes) is 1. The topological polar surface area (TPSA) is 40.5 Å². The van der Waals surface area contributed by atoms with E-state index in [4.69, 9.17) is 5.11 Å². The Labute approximate surface area is 62.9 Å². The zero-order chi connectivity index (χ0) is 8.04. The number of aliphatic hydroxyl groups excluding tert-OH is 1. The van der Waals surface area contributed by atoms with Crippen molar-refractivity contribution in [2.45, 2.75) is 45.1 Å². The van der Waals surface area contributed by atoms with E-state index >= 15 is 0 Å². The second kappa shape index (κ2) is 4.69. The van der Waals surface area contributed by atoms with Gasteiger partial charge in [-0.3, -0.25) is 0 Å². The smallest absolute Gasteiger partial charge is 0.0641 e. The maximum atomic E-state index is 9.49. The molecule has 62 valence electrons. The molecule has 0 radical (unpaired) electrons. The summed E-state index contributed by atoms with van der Waals surface area (Å²) < 4.78 is 0. The first-order chi connectivity index (χ1) is 4.62. The van der Waals surface area contributed by atoms with Gasteiger partial charge in [0.05, 0.1) is 5.60 Å². The van der Waals surface area contributed by atoms with E-state index in [0.717, 1.165) is 19.3 Å². The lowest BCUT2D eigenvalue weighted by molar-refractivity contribution is 0.0236. The first-order valence-corrected chi connectivity index (χ1v) is 3.95. The Balaban J connectivity index is 3.42. The highest BCUT2D eigenvalue weighted by Gasteiger charge is 2.17. The molecule has 1 atom stereocenters. The molecular formula is C8H18O2. The molecule has 0 saturated heterocycles. The second-order valence-electron chi connectivity index (χ2n) is 3.07. The predicted molar refractivity (Wildman–Crippen MR) is 41.9 cm³/mol. The largest absolute Gasteiger partial charge is 0.396 e. The van der Waals surface area contributed by atoms with E-state index in [-0.39, 0.29) is 6.61 Å². The summed E-state index contributed by atoms with van der Waals surface area (Å²) in [6.45, 7) is 3.95. The van der Waals surface area contributed by atoms with E-state index in [1.165, 1.54) is 0 Å². The standard InChI is InChI=1S/C8H18O2/c1-3-4-5-8(2,10)6-7-9/h9-10H,3-7H2,1-2H3. The quantitative estimate of drug-likeness (QED) is 0.614. The highest BCUT2D eigenvalue weighted by atomic mass is 16.3. The van der Waals surface area contributed by atoms with Crippen molar-refractivity contribution >= 4 is 0 Å². The van der Waals surface area contributed by atoms with Crippen molar-refractivity contribution in [3.63, 3.8) is 0 Å². The van der Waals surface area contributed by atoms with Crippen LogP contribution in [0.25, 0.3) is 0 Å². The Kier molecular flexibility index (Phi) is 4.65. The first-order valence-electron chi connectivity index (χ1n) is 3.95. The van der Waals surface area contributed by atoms with Gasteiger partial charge < -0.3 is 10.2 Å². The van der Waals surface area contributed by atoms with Crippen molar-refractivity contribution < 1.29 is 10.2 Å². The molecule has 0 heterocycles. The molecule has 0 aromatic rings. The molecule has 0 aromatic carbocycles. The Morgan fingerprint density at radius 3 is 2.30 bits per heavy atom. The van der Waals surface area contributed by atoms with Gasteiger partial charge >= 0.3 is 0 Å². The van der Waals surface area contributed by atoms with Gasteiger partial charge in [-0.15, -0.1) is 0 Å². The summed E-state index contributed by atoms with van der Waals surface area (Å²) in [4.78, 5) is 0. The van der Waals surface area contributed by atoms with Crippen LogP contribution in [0.15, 0.2) is 0 Å². The Morgan fingerprint density at radius 1 is 1.30 bits per heavy atom. The number of rotatable bonds is 5. The molecule has 0 aliphatic carbocycles. The minimum atomic E-state index is -0.648. The van der Waals surface area contributed by atoms with Crippen LogP contribution in [0, 0.1) is 0 Å². The van der Waals surface area contributed by atoms with Gasteiger partial charge in [0.1, 0.15) is 0 Å². The molecule has 0 aromatic heterocycles. The predicted octanol–water partition coefficient (Wildman–Crippen LogP) is 1.31. The van der Waals surface area contributed by atoms with E-state index < -0.39 is 5.60 Å². The molecule has 0 fully saturated rings. The summed E-state index contributed by atoms with van der Waals surface area (Å²) in [5.74, 6) is 0. The summed E-state index contributed by atoms with van der Waals surface area (Å²) in [5.41, 5.74) is -0.648. The summed E-state index contributed by atoms with van der Waals surface area (Å²) in [5, 5.41) is 18.0. The first kappa shape index (κ1) is 9.92. The maximum absolute atomic E-state index is 9.49. The van der Waals surface area contributed by atoms with Gasteiger partial charge in [0.15, 0.2) is 0 Å². The fraction of sp³-hybridized carbons (Fsp3) is 1.00. The Morgan fingerprint density at radius 2 is 1.90 bits per heavy atom. The zero-order valence-corrected chi connectivity index (χ0v) is 6.93. The fourth-order valence-corrected chi connectivity index (χ4v) is 0.923. The van der Waals surface area contributed by atoms with E-state index in [1.807, 2.05) is 0 Å². The lowest BCUT2D eigenvalue weighted by atomic mass is 9.96. The third kappa shape index (κ3) is 4.77. The van der Waals surface area contributed by atoms with Crippen LogP contribution in [0.4, 0.5) is 0 Å². The second-order valence-corrected chi connectivity index (χ2v) is 3.07. The van der Waals surface area contributed by atoms with Crippen molar-refractivity contribution in [3.05, 3.63) is 0 Å². The van der Waals surface area contributed by atoms with E-state index in [1.54, 1.807) is 6.92 Å². The molecule has 0 aliphatic rings. The van der Waals surface area contributed by atoms with Crippen LogP contribution in [0.1, 0.15) is 39.5 Å². The van der Waals surface area contributed by atoms with Crippen LogP contribution in [0.5, 0.6) is 0 Å². The van der Waals surface area contributed by atoms with Crippen LogP contribution in [-0.4, -0.2) is 22.4 Å². The molecule has 2 N–H and O–H groups in total. The molecule has 0 saturated carbocycles. The fourth-order valence-electron chi connectivity index (χ4n) is 0.923. The summed E-state index contributed by atoms with van der Waals surface area (Å²) in [7, 11) is 0. The average Bonchev–Trinajstić information content (AvgIpc) is 1.84. The summed E-state index contributed by atoms with van der Waals surface area (Å²) in [6.07, 6.45) is 3.42. The highest BCUT2D eigenvalue weighted by Crippen LogP contribution is 2.16. The van der Waals surface area contributed by atoms with Crippen molar-refractivity contribution in [1.82, 2.24) is 0 Å². The molecule has 2 nitrogen and oxygen atoms in total. The Bertz CT molecular complexity index is 79.3. The van der Waals surface area contributed by atoms with E-state index in [2.05, 4.69) is 6.92 Å². The summed E-state index contributed by atoms with van der Waals surface area (Å²) in [6, 6.07) is 0. The molecular weight excluding hydrogens is 128 g/mol. The van der Waals surface area contributed by atoms with Crippen LogP contribution >= 0.6 is 0 Å². The van der Waals surface area contributed by atoms with Crippen LogP contribution in [0.3, 0.4) is 0 Å². The lowest BCUT2D eigenvalue weighted by Crippen LogP contribution is -2.25. The molecule has 10 heavy (non-hydrogen) atoms. The van der Waals surface area contributed by atoms with Crippen LogP contribution in [-0.2, 0) is 0 Å². The van der Waals surface area contributed by atoms with E-state index in [0.29, 0.717) is 6.42 Å². The highest BCUT2D eigenvalue weighted by molar-refractivity contribution is 4.70. The van der Waals surface area contributed by atoms with Gasteiger partial charge in [-0.05, 0) is 19.8 Å². The maximum Gasteiger partial charge on any atom is 0.0641 e. The van der Waals surface area contributed by atoms with Gasteiger partial charge in [0.25, 0.3) is 0 Å². The molecule has 0 rings (SSSR count). The summed E-state index contributed by atoms with van der Waals surface area (Å²) >= 11 is 0. The third-order valence-electron chi connectivity index (χ3n) is 1.72. The minimum absolute atomic E-state index is 0.0801. The van der Waals surface area contributed by atoms with Crippen LogP contribution < -0.4 is 0 Å². The number of aliphatic hydroxyl groups is 2. The van der Waals surface area contributed by atoms with Gasteiger partial charge in [-0.2, -0.15) is 0 Å². The van der Waals surface area contributed by atoms with Crippen molar-refractivity contribution in [3.8, 4) is 0 Å². The van der Waals surface area contributed by atoms with E-state index in [9.17, 15) is 5.11 Å². The van der Waals surface area contributed by atoms with Crippen molar-refractivity contribution in [2.24, 2.45) is 0 Å². The number of hydrogen-bond donors (Lipinski definition) is 2. The van der Waals surface area contributed by atoms with Crippen molar-refractivity contribution in [2.75, 3.05) is 6.61 Å². The molecule has 0 amide bonds. The molecule has 0 bridgehead atoms. The SMILES string of the molecule is CCCCC(C)(O)CCO.